The maximum Gasteiger partial charge on any atom is 0.309 e. The molecule has 0 aromatic carbocycles. The minimum atomic E-state index is -0.399. The van der Waals surface area contributed by atoms with Gasteiger partial charge < -0.3 is 9.26 Å². The molecule has 9 heavy (non-hydrogen) atoms. The van der Waals surface area contributed by atoms with Crippen molar-refractivity contribution in [2.75, 3.05) is 0 Å². The van der Waals surface area contributed by atoms with E-state index in [4.69, 9.17) is 0 Å². The Hall–Kier alpha value is -1.32. The van der Waals surface area contributed by atoms with Crippen molar-refractivity contribution in [3.05, 3.63) is 12.3 Å². The molecular formula is C5H5NO3. The van der Waals surface area contributed by atoms with E-state index < -0.39 is 5.97 Å². The molecule has 0 aliphatic carbocycles. The minimum Gasteiger partial charge on any atom is -0.404 e. The van der Waals surface area contributed by atoms with Gasteiger partial charge in [0.15, 0.2) is 0 Å². The largest absolute Gasteiger partial charge is 0.404 e. The highest BCUT2D eigenvalue weighted by molar-refractivity contribution is 5.68. The molecule has 0 unspecified atom stereocenters. The topological polar surface area (TPSA) is 52.3 Å². The molecule has 4 nitrogen and oxygen atoms in total. The summed E-state index contributed by atoms with van der Waals surface area (Å²) < 4.78 is 8.90. The Morgan fingerprint density at radius 2 is 2.67 bits per heavy atom. The van der Waals surface area contributed by atoms with E-state index in [0.717, 1.165) is 0 Å². The van der Waals surface area contributed by atoms with Crippen LogP contribution in [0.15, 0.2) is 16.9 Å². The van der Waals surface area contributed by atoms with Gasteiger partial charge in [-0.05, 0) is 5.16 Å². The van der Waals surface area contributed by atoms with Gasteiger partial charge in [0.1, 0.15) is 6.26 Å². The van der Waals surface area contributed by atoms with Gasteiger partial charge in [-0.1, -0.05) is 0 Å². The number of hydrogen-bond acceptors (Lipinski definition) is 4. The van der Waals surface area contributed by atoms with E-state index in [2.05, 4.69) is 14.4 Å². The number of rotatable bonds is 1. The SMILES string of the molecule is CC(=O)Oc1ccon1. The first kappa shape index (κ1) is 5.81. The van der Waals surface area contributed by atoms with Crippen LogP contribution in [0.3, 0.4) is 0 Å². The fraction of sp³-hybridized carbons (Fsp3) is 0.200. The number of ether oxygens (including phenoxy) is 1. The molecule has 0 spiro atoms. The third-order valence-corrected chi connectivity index (χ3v) is 0.662. The van der Waals surface area contributed by atoms with Gasteiger partial charge in [0, 0.05) is 13.0 Å². The van der Waals surface area contributed by atoms with Crippen LogP contribution in [-0.4, -0.2) is 11.1 Å². The zero-order chi connectivity index (χ0) is 6.69. The van der Waals surface area contributed by atoms with Crippen molar-refractivity contribution >= 4 is 5.97 Å². The molecule has 0 bridgehead atoms. The molecular weight excluding hydrogens is 122 g/mol. The molecule has 4 heteroatoms. The number of carbonyl (C=O) groups excluding carboxylic acids is 1. The molecule has 0 atom stereocenters. The molecule has 1 aromatic rings. The average Bonchev–Trinajstić information content (AvgIpc) is 2.15. The normalized spacial score (nSPS) is 9.00. The van der Waals surface area contributed by atoms with E-state index in [1.807, 2.05) is 0 Å². The van der Waals surface area contributed by atoms with Crippen LogP contribution in [0.1, 0.15) is 6.92 Å². The highest BCUT2D eigenvalue weighted by atomic mass is 16.6. The first-order valence-corrected chi connectivity index (χ1v) is 2.38. The molecule has 0 amide bonds. The Balaban J connectivity index is 2.58. The van der Waals surface area contributed by atoms with Gasteiger partial charge in [-0.2, -0.15) is 0 Å². The minimum absolute atomic E-state index is 0.197. The van der Waals surface area contributed by atoms with E-state index in [9.17, 15) is 4.79 Å². The van der Waals surface area contributed by atoms with E-state index in [0.29, 0.717) is 0 Å². The molecule has 0 aliphatic rings. The smallest absolute Gasteiger partial charge is 0.309 e. The quantitative estimate of drug-likeness (QED) is 0.518. The second-order valence-corrected chi connectivity index (χ2v) is 1.43. The highest BCUT2D eigenvalue weighted by Gasteiger charge is 1.97. The molecule has 0 aliphatic heterocycles. The standard InChI is InChI=1S/C5H5NO3/c1-4(7)9-5-2-3-8-6-5/h2-3H,1H3. The number of nitrogens with zero attached hydrogens (tertiary/aromatic N) is 1. The maximum atomic E-state index is 10.2. The molecule has 1 rings (SSSR count). The van der Waals surface area contributed by atoms with Gasteiger partial charge in [-0.25, -0.2) is 0 Å². The summed E-state index contributed by atoms with van der Waals surface area (Å²) in [5.74, 6) is -0.202. The molecule has 48 valence electrons. The molecule has 1 heterocycles. The van der Waals surface area contributed by atoms with E-state index >= 15 is 0 Å². The fourth-order valence-corrected chi connectivity index (χ4v) is 0.401. The van der Waals surface area contributed by atoms with Gasteiger partial charge in [0.05, 0.1) is 0 Å². The highest BCUT2D eigenvalue weighted by Crippen LogP contribution is 2.03. The van der Waals surface area contributed by atoms with Crippen LogP contribution in [0, 0.1) is 0 Å². The number of aromatic nitrogens is 1. The van der Waals surface area contributed by atoms with Crippen molar-refractivity contribution in [2.24, 2.45) is 0 Å². The maximum absolute atomic E-state index is 10.2. The Bertz CT molecular complexity index is 192. The summed E-state index contributed by atoms with van der Waals surface area (Å²) in [5, 5.41) is 3.34. The molecule has 1 aromatic heterocycles. The van der Waals surface area contributed by atoms with Crippen molar-refractivity contribution in [2.45, 2.75) is 6.92 Å². The first-order valence-electron chi connectivity index (χ1n) is 2.38. The molecule has 0 radical (unpaired) electrons. The summed E-state index contributed by atoms with van der Waals surface area (Å²) in [6.45, 7) is 1.30. The Labute approximate surface area is 51.4 Å². The zero-order valence-electron chi connectivity index (χ0n) is 4.83. The number of esters is 1. The predicted octanol–water partition coefficient (Wildman–Crippen LogP) is 0.600. The summed E-state index contributed by atoms with van der Waals surface area (Å²) in [5.41, 5.74) is 0. The van der Waals surface area contributed by atoms with Crippen LogP contribution in [0.5, 0.6) is 5.88 Å². The van der Waals surface area contributed by atoms with Crippen molar-refractivity contribution in [3.63, 3.8) is 0 Å². The van der Waals surface area contributed by atoms with Crippen molar-refractivity contribution in [3.8, 4) is 5.88 Å². The first-order chi connectivity index (χ1) is 4.29. The predicted molar refractivity (Wildman–Crippen MR) is 27.8 cm³/mol. The second-order valence-electron chi connectivity index (χ2n) is 1.43. The van der Waals surface area contributed by atoms with E-state index in [1.54, 1.807) is 0 Å². The van der Waals surface area contributed by atoms with Crippen LogP contribution in [0.2, 0.25) is 0 Å². The third kappa shape index (κ3) is 1.56. The summed E-state index contributed by atoms with van der Waals surface area (Å²) in [7, 11) is 0. The summed E-state index contributed by atoms with van der Waals surface area (Å²) in [6.07, 6.45) is 1.33. The van der Waals surface area contributed by atoms with Crippen LogP contribution in [-0.2, 0) is 4.79 Å². The van der Waals surface area contributed by atoms with Crippen molar-refractivity contribution in [1.82, 2.24) is 5.16 Å². The summed E-state index contributed by atoms with van der Waals surface area (Å²) >= 11 is 0. The number of hydrogen-bond donors (Lipinski definition) is 0. The van der Waals surface area contributed by atoms with Crippen LogP contribution in [0.4, 0.5) is 0 Å². The Morgan fingerprint density at radius 3 is 3.11 bits per heavy atom. The van der Waals surface area contributed by atoms with Gasteiger partial charge in [-0.3, -0.25) is 4.79 Å². The van der Waals surface area contributed by atoms with Gasteiger partial charge >= 0.3 is 5.97 Å². The molecule has 0 N–H and O–H groups in total. The molecule has 0 fully saturated rings. The second kappa shape index (κ2) is 2.30. The lowest BCUT2D eigenvalue weighted by Crippen LogP contribution is -2.00. The fourth-order valence-electron chi connectivity index (χ4n) is 0.401. The lowest BCUT2D eigenvalue weighted by atomic mass is 10.7. The van der Waals surface area contributed by atoms with E-state index in [-0.39, 0.29) is 5.88 Å². The van der Waals surface area contributed by atoms with Crippen molar-refractivity contribution in [1.29, 1.82) is 0 Å². The van der Waals surface area contributed by atoms with Crippen LogP contribution < -0.4 is 4.74 Å². The van der Waals surface area contributed by atoms with Gasteiger partial charge in [-0.15, -0.1) is 0 Å². The van der Waals surface area contributed by atoms with E-state index in [1.165, 1.54) is 19.3 Å². The van der Waals surface area contributed by atoms with Crippen molar-refractivity contribution < 1.29 is 14.1 Å². The third-order valence-electron chi connectivity index (χ3n) is 0.662. The van der Waals surface area contributed by atoms with Gasteiger partial charge in [0.25, 0.3) is 5.88 Å². The summed E-state index contributed by atoms with van der Waals surface area (Å²) in [6, 6.07) is 1.46. The van der Waals surface area contributed by atoms with Crippen LogP contribution >= 0.6 is 0 Å². The molecule has 0 saturated heterocycles. The van der Waals surface area contributed by atoms with Gasteiger partial charge in [0.2, 0.25) is 0 Å². The zero-order valence-corrected chi connectivity index (χ0v) is 4.83. The average molecular weight is 127 g/mol. The Morgan fingerprint density at radius 1 is 1.89 bits per heavy atom. The Kier molecular flexibility index (Phi) is 1.48. The monoisotopic (exact) mass is 127 g/mol. The molecule has 0 saturated carbocycles. The lowest BCUT2D eigenvalue weighted by molar-refractivity contribution is -0.132. The lowest BCUT2D eigenvalue weighted by Gasteiger charge is -1.89. The van der Waals surface area contributed by atoms with Crippen LogP contribution in [0.25, 0.3) is 0 Å². The number of carbonyl (C=O) groups is 1. The summed E-state index contributed by atoms with van der Waals surface area (Å²) in [4.78, 5) is 10.2.